The summed E-state index contributed by atoms with van der Waals surface area (Å²) < 4.78 is 0. The highest BCUT2D eigenvalue weighted by Crippen LogP contribution is 2.19. The lowest BCUT2D eigenvalue weighted by atomic mass is 10.2. The van der Waals surface area contributed by atoms with Gasteiger partial charge in [0.25, 0.3) is 0 Å². The molecule has 0 amide bonds. The summed E-state index contributed by atoms with van der Waals surface area (Å²) in [4.78, 5) is 8.63. The summed E-state index contributed by atoms with van der Waals surface area (Å²) in [5.74, 6) is 1.58. The molecule has 0 saturated carbocycles. The molecule has 0 aliphatic rings. The van der Waals surface area contributed by atoms with Crippen molar-refractivity contribution in [3.8, 4) is 0 Å². The van der Waals surface area contributed by atoms with Crippen LogP contribution in [-0.2, 0) is 5.75 Å². The maximum Gasteiger partial charge on any atom is 0.189 e. The highest BCUT2D eigenvalue weighted by molar-refractivity contribution is 7.98. The van der Waals surface area contributed by atoms with Gasteiger partial charge in [0.05, 0.1) is 0 Å². The molecule has 0 radical (unpaired) electrons. The quantitative estimate of drug-likeness (QED) is 0.378. The largest absolute Gasteiger partial charge is 0.262 e. The molecule has 0 unspecified atom stereocenters. The Morgan fingerprint density at radius 3 is 2.89 bits per heavy atom. The molecule has 0 atom stereocenters. The van der Waals surface area contributed by atoms with Crippen molar-refractivity contribution in [1.82, 2.24) is 9.97 Å². The van der Waals surface area contributed by atoms with Crippen LogP contribution in [0.25, 0.3) is 0 Å². The van der Waals surface area contributed by atoms with Crippen LogP contribution in [0.5, 0.6) is 0 Å². The Morgan fingerprint density at radius 1 is 1.26 bits per heavy atom. The number of hydrazone groups is 1. The lowest BCUT2D eigenvalue weighted by Gasteiger charge is -2.03. The fraction of sp³-hybridized carbons (Fsp3) is 0.214. The van der Waals surface area contributed by atoms with Gasteiger partial charge in [0.1, 0.15) is 0 Å². The van der Waals surface area contributed by atoms with Crippen LogP contribution in [0.15, 0.2) is 52.9 Å². The number of rotatable bonds is 6. The van der Waals surface area contributed by atoms with Gasteiger partial charge in [-0.2, -0.15) is 5.10 Å². The minimum atomic E-state index is 0.718. The minimum Gasteiger partial charge on any atom is -0.262 e. The Kier molecular flexibility index (Phi) is 5.37. The van der Waals surface area contributed by atoms with Crippen molar-refractivity contribution < 1.29 is 0 Å². The van der Waals surface area contributed by atoms with Crippen molar-refractivity contribution >= 4 is 23.8 Å². The van der Waals surface area contributed by atoms with E-state index in [-0.39, 0.29) is 0 Å². The molecule has 98 valence electrons. The fourth-order valence-corrected chi connectivity index (χ4v) is 2.18. The van der Waals surface area contributed by atoms with Crippen molar-refractivity contribution in [3.05, 3.63) is 48.2 Å². The number of benzene rings is 1. The zero-order valence-electron chi connectivity index (χ0n) is 10.8. The Bertz CT molecular complexity index is 528. The third kappa shape index (κ3) is 4.71. The lowest BCUT2D eigenvalue weighted by Crippen LogP contribution is -1.95. The van der Waals surface area contributed by atoms with Gasteiger partial charge < -0.3 is 0 Å². The molecular formula is C14H16N4S. The second-order valence-corrected chi connectivity index (χ2v) is 4.77. The van der Waals surface area contributed by atoms with E-state index in [1.807, 2.05) is 25.1 Å². The first-order valence-electron chi connectivity index (χ1n) is 6.16. The molecule has 4 nitrogen and oxygen atoms in total. The summed E-state index contributed by atoms with van der Waals surface area (Å²) in [6.45, 7) is 2.03. The number of nitrogens with zero attached hydrogens (tertiary/aromatic N) is 3. The number of nitrogens with one attached hydrogen (secondary N) is 1. The van der Waals surface area contributed by atoms with E-state index in [2.05, 4.69) is 32.6 Å². The van der Waals surface area contributed by atoms with E-state index in [0.29, 0.717) is 0 Å². The van der Waals surface area contributed by atoms with E-state index < -0.39 is 0 Å². The van der Waals surface area contributed by atoms with E-state index in [1.54, 1.807) is 30.2 Å². The molecule has 0 aliphatic carbocycles. The van der Waals surface area contributed by atoms with E-state index in [0.717, 1.165) is 23.1 Å². The molecular weight excluding hydrogens is 256 g/mol. The zero-order chi connectivity index (χ0) is 13.3. The topological polar surface area (TPSA) is 50.2 Å². The van der Waals surface area contributed by atoms with Crippen LogP contribution >= 0.6 is 11.8 Å². The van der Waals surface area contributed by atoms with Crippen molar-refractivity contribution in [2.24, 2.45) is 5.10 Å². The van der Waals surface area contributed by atoms with Crippen molar-refractivity contribution in [3.63, 3.8) is 0 Å². The molecule has 19 heavy (non-hydrogen) atoms. The number of aromatic nitrogens is 2. The van der Waals surface area contributed by atoms with Crippen LogP contribution < -0.4 is 5.43 Å². The maximum absolute atomic E-state index is 4.39. The number of hydrogen-bond donors (Lipinski definition) is 1. The number of hydrogen-bond acceptors (Lipinski definition) is 5. The first kappa shape index (κ1) is 13.5. The summed E-state index contributed by atoms with van der Waals surface area (Å²) in [6, 6.07) is 12.1. The third-order valence-electron chi connectivity index (χ3n) is 2.30. The van der Waals surface area contributed by atoms with Crippen molar-refractivity contribution in [1.29, 1.82) is 0 Å². The van der Waals surface area contributed by atoms with E-state index in [9.17, 15) is 0 Å². The monoisotopic (exact) mass is 272 g/mol. The SMILES string of the molecule is CC/C=N/Nc1ccnc(SCc2ccccc2)n1. The standard InChI is InChI=1S/C14H16N4S/c1-2-9-16-18-13-8-10-15-14(17-13)19-11-12-6-4-3-5-7-12/h3-10H,2,11H2,1H3,(H,15,17,18)/b16-9+. The van der Waals surface area contributed by atoms with Gasteiger partial charge in [-0.15, -0.1) is 0 Å². The van der Waals surface area contributed by atoms with E-state index >= 15 is 0 Å². The first-order valence-corrected chi connectivity index (χ1v) is 7.14. The molecule has 0 aliphatic heterocycles. The Morgan fingerprint density at radius 2 is 2.11 bits per heavy atom. The molecule has 0 fully saturated rings. The summed E-state index contributed by atoms with van der Waals surface area (Å²) >= 11 is 1.61. The van der Waals surface area contributed by atoms with Crippen molar-refractivity contribution in [2.45, 2.75) is 24.3 Å². The van der Waals surface area contributed by atoms with Crippen LogP contribution in [0.4, 0.5) is 5.82 Å². The van der Waals surface area contributed by atoms with E-state index in [4.69, 9.17) is 0 Å². The minimum absolute atomic E-state index is 0.718. The zero-order valence-corrected chi connectivity index (χ0v) is 11.6. The molecule has 1 N–H and O–H groups in total. The van der Waals surface area contributed by atoms with Gasteiger partial charge in [-0.25, -0.2) is 9.97 Å². The van der Waals surface area contributed by atoms with Gasteiger partial charge in [-0.3, -0.25) is 5.43 Å². The van der Waals surface area contributed by atoms with Gasteiger partial charge in [0.2, 0.25) is 0 Å². The molecule has 1 heterocycles. The van der Waals surface area contributed by atoms with Gasteiger partial charge in [0, 0.05) is 24.2 Å². The van der Waals surface area contributed by atoms with Gasteiger partial charge in [-0.05, 0) is 12.0 Å². The van der Waals surface area contributed by atoms with Crippen LogP contribution in [0, 0.1) is 0 Å². The summed E-state index contributed by atoms with van der Waals surface area (Å²) in [5, 5.41) is 4.80. The molecule has 0 bridgehead atoms. The van der Waals surface area contributed by atoms with Crippen molar-refractivity contribution in [2.75, 3.05) is 5.43 Å². The smallest absolute Gasteiger partial charge is 0.189 e. The van der Waals surface area contributed by atoms with Crippen LogP contribution in [0.3, 0.4) is 0 Å². The molecule has 2 rings (SSSR count). The molecule has 5 heteroatoms. The summed E-state index contributed by atoms with van der Waals surface area (Å²) in [7, 11) is 0. The average molecular weight is 272 g/mol. The number of thioether (sulfide) groups is 1. The Hall–Kier alpha value is -1.88. The van der Waals surface area contributed by atoms with Crippen LogP contribution in [0.1, 0.15) is 18.9 Å². The third-order valence-corrected chi connectivity index (χ3v) is 3.23. The van der Waals surface area contributed by atoms with Gasteiger partial charge in [-0.1, -0.05) is 49.0 Å². The molecule has 2 aromatic rings. The second kappa shape index (κ2) is 7.53. The summed E-state index contributed by atoms with van der Waals surface area (Å²) in [5.41, 5.74) is 4.15. The normalized spacial score (nSPS) is 10.8. The van der Waals surface area contributed by atoms with Gasteiger partial charge in [0.15, 0.2) is 11.0 Å². The predicted molar refractivity (Wildman–Crippen MR) is 80.4 cm³/mol. The number of anilines is 1. The average Bonchev–Trinajstić information content (AvgIpc) is 2.47. The molecule has 0 saturated heterocycles. The highest BCUT2D eigenvalue weighted by Gasteiger charge is 2.00. The molecule has 0 spiro atoms. The second-order valence-electron chi connectivity index (χ2n) is 3.83. The molecule has 1 aromatic heterocycles. The van der Waals surface area contributed by atoms with Crippen LogP contribution in [-0.4, -0.2) is 16.2 Å². The maximum atomic E-state index is 4.39. The van der Waals surface area contributed by atoms with Crippen LogP contribution in [0.2, 0.25) is 0 Å². The summed E-state index contributed by atoms with van der Waals surface area (Å²) in [6.07, 6.45) is 4.44. The Balaban J connectivity index is 1.93. The Labute approximate surface area is 117 Å². The fourth-order valence-electron chi connectivity index (χ4n) is 1.40. The molecule has 1 aromatic carbocycles. The first-order chi connectivity index (χ1) is 9.38. The van der Waals surface area contributed by atoms with E-state index in [1.165, 1.54) is 5.56 Å². The predicted octanol–water partition coefficient (Wildman–Crippen LogP) is 3.58. The van der Waals surface area contributed by atoms with Gasteiger partial charge >= 0.3 is 0 Å². The lowest BCUT2D eigenvalue weighted by molar-refractivity contribution is 0.962. The highest BCUT2D eigenvalue weighted by atomic mass is 32.2.